The van der Waals surface area contributed by atoms with Crippen LogP contribution >= 0.6 is 0 Å². The zero-order valence-electron chi connectivity index (χ0n) is 19.5. The van der Waals surface area contributed by atoms with Gasteiger partial charge in [-0.15, -0.1) is 0 Å². The molecule has 0 amide bonds. The molecule has 0 N–H and O–H groups in total. The Labute approximate surface area is 181 Å². The van der Waals surface area contributed by atoms with Crippen molar-refractivity contribution < 1.29 is 9.59 Å². The molecule has 0 spiro atoms. The number of hydrogen-bond acceptors (Lipinski definition) is 2. The van der Waals surface area contributed by atoms with Gasteiger partial charge in [0.05, 0.1) is 0 Å². The number of benzene rings is 1. The van der Waals surface area contributed by atoms with E-state index in [4.69, 9.17) is 0 Å². The van der Waals surface area contributed by atoms with E-state index in [1.54, 1.807) is 0 Å². The van der Waals surface area contributed by atoms with Crippen LogP contribution < -0.4 is 0 Å². The Morgan fingerprint density at radius 3 is 2.13 bits per heavy atom. The topological polar surface area (TPSA) is 34.1 Å². The highest BCUT2D eigenvalue weighted by molar-refractivity contribution is 6.09. The number of Topliss-reactive ketones (excluding diaryl/α,β-unsaturated/α-hetero) is 2. The normalized spacial score (nSPS) is 43.9. The van der Waals surface area contributed by atoms with Crippen molar-refractivity contribution in [1.82, 2.24) is 0 Å². The lowest BCUT2D eigenvalue weighted by Crippen LogP contribution is -2.33. The van der Waals surface area contributed by atoms with E-state index in [0.717, 1.165) is 25.7 Å². The maximum Gasteiger partial charge on any atom is 0.147 e. The summed E-state index contributed by atoms with van der Waals surface area (Å²) in [5.41, 5.74) is 3.58. The molecule has 2 heteroatoms. The minimum Gasteiger partial charge on any atom is -0.299 e. The Balaban J connectivity index is 1.31. The van der Waals surface area contributed by atoms with Crippen molar-refractivity contribution in [1.29, 1.82) is 0 Å². The summed E-state index contributed by atoms with van der Waals surface area (Å²) in [4.78, 5) is 25.6. The molecule has 0 radical (unpaired) electrons. The molecule has 6 unspecified atom stereocenters. The van der Waals surface area contributed by atoms with Gasteiger partial charge in [-0.3, -0.25) is 9.59 Å². The van der Waals surface area contributed by atoms with E-state index in [-0.39, 0.29) is 27.6 Å². The lowest BCUT2D eigenvalue weighted by molar-refractivity contribution is -0.131. The van der Waals surface area contributed by atoms with Crippen LogP contribution in [0.25, 0.3) is 6.08 Å². The fourth-order valence-corrected chi connectivity index (χ4v) is 7.93. The molecule has 6 atom stereocenters. The maximum atomic E-state index is 13.1. The van der Waals surface area contributed by atoms with Crippen LogP contribution in [-0.4, -0.2) is 11.6 Å². The minimum atomic E-state index is -0.140. The monoisotopic (exact) mass is 404 g/mol. The van der Waals surface area contributed by atoms with E-state index in [1.807, 2.05) is 0 Å². The van der Waals surface area contributed by atoms with Crippen molar-refractivity contribution in [3.05, 3.63) is 41.0 Å². The average molecular weight is 405 g/mol. The third-order valence-electron chi connectivity index (χ3n) is 10.7. The van der Waals surface area contributed by atoms with Crippen molar-refractivity contribution in [2.75, 3.05) is 0 Å². The molecule has 4 aliphatic carbocycles. The van der Waals surface area contributed by atoms with E-state index in [2.05, 4.69) is 71.9 Å². The molecule has 1 aromatic carbocycles. The SMILES string of the molecule is C/C(=C/c1ccc(CC2C(=O)C3(C)CCC2C3(C)C)cc1)C1CCC2(C)C(=O)C12C. The van der Waals surface area contributed by atoms with Crippen molar-refractivity contribution in [3.63, 3.8) is 0 Å². The van der Waals surface area contributed by atoms with Gasteiger partial charge in [0.25, 0.3) is 0 Å². The Hall–Kier alpha value is -1.70. The molecule has 2 nitrogen and oxygen atoms in total. The summed E-state index contributed by atoms with van der Waals surface area (Å²) in [5, 5.41) is 0. The summed E-state index contributed by atoms with van der Waals surface area (Å²) < 4.78 is 0. The van der Waals surface area contributed by atoms with Gasteiger partial charge in [-0.25, -0.2) is 0 Å². The van der Waals surface area contributed by atoms with Crippen LogP contribution in [0, 0.1) is 39.4 Å². The first-order valence-electron chi connectivity index (χ1n) is 11.8. The third-order valence-corrected chi connectivity index (χ3v) is 10.7. The fraction of sp³-hybridized carbons (Fsp3) is 0.643. The molecule has 0 saturated heterocycles. The lowest BCUT2D eigenvalue weighted by Gasteiger charge is -2.32. The van der Waals surface area contributed by atoms with Crippen LogP contribution in [0.5, 0.6) is 0 Å². The first-order valence-corrected chi connectivity index (χ1v) is 11.8. The van der Waals surface area contributed by atoms with Crippen molar-refractivity contribution >= 4 is 17.6 Å². The molecule has 4 saturated carbocycles. The molecule has 0 heterocycles. The summed E-state index contributed by atoms with van der Waals surface area (Å²) in [6, 6.07) is 8.79. The van der Waals surface area contributed by atoms with Gasteiger partial charge in [-0.2, -0.15) is 0 Å². The smallest absolute Gasteiger partial charge is 0.147 e. The average Bonchev–Trinajstić information content (AvgIpc) is 2.91. The highest BCUT2D eigenvalue weighted by Crippen LogP contribution is 2.73. The molecule has 0 aromatic heterocycles. The summed E-state index contributed by atoms with van der Waals surface area (Å²) >= 11 is 0. The van der Waals surface area contributed by atoms with Gasteiger partial charge in [-0.1, -0.05) is 70.5 Å². The van der Waals surface area contributed by atoms with Crippen molar-refractivity contribution in [2.24, 2.45) is 39.4 Å². The van der Waals surface area contributed by atoms with E-state index in [0.29, 0.717) is 23.4 Å². The first kappa shape index (κ1) is 20.2. The predicted octanol–water partition coefficient (Wildman–Crippen LogP) is 6.28. The number of rotatable bonds is 4. The summed E-state index contributed by atoms with van der Waals surface area (Å²) in [6.45, 7) is 13.3. The summed E-state index contributed by atoms with van der Waals surface area (Å²) in [5.74, 6) is 2.03. The van der Waals surface area contributed by atoms with Gasteiger partial charge < -0.3 is 0 Å². The standard InChI is InChI=1S/C28H36O2/c1-17(21-11-14-27(5)24(30)28(21,27)6)15-18-7-9-19(10-8-18)16-20-22-12-13-26(4,23(20)29)25(22,2)3/h7-10,15,20-22H,11-14,16H2,1-6H3/b17-15-. The first-order chi connectivity index (χ1) is 14.0. The molecule has 1 aromatic rings. The zero-order valence-corrected chi connectivity index (χ0v) is 19.5. The quantitative estimate of drug-likeness (QED) is 0.592. The largest absolute Gasteiger partial charge is 0.299 e. The predicted molar refractivity (Wildman–Crippen MR) is 121 cm³/mol. The Bertz CT molecular complexity index is 967. The Kier molecular flexibility index (Phi) is 4.01. The van der Waals surface area contributed by atoms with Gasteiger partial charge in [0.1, 0.15) is 11.6 Å². The number of allylic oxidation sites excluding steroid dienone is 1. The second kappa shape index (κ2) is 5.96. The summed E-state index contributed by atoms with van der Waals surface area (Å²) in [7, 11) is 0. The van der Waals surface area contributed by atoms with Gasteiger partial charge in [-0.05, 0) is 67.4 Å². The highest BCUT2D eigenvalue weighted by Gasteiger charge is 2.77. The number of carbonyl (C=O) groups excluding carboxylic acids is 2. The zero-order chi connectivity index (χ0) is 21.7. The van der Waals surface area contributed by atoms with E-state index >= 15 is 0 Å². The minimum absolute atomic E-state index is 0.0752. The number of carbonyl (C=O) groups is 2. The fourth-order valence-electron chi connectivity index (χ4n) is 7.93. The van der Waals surface area contributed by atoms with Gasteiger partial charge in [0, 0.05) is 22.2 Å². The molecule has 4 fully saturated rings. The van der Waals surface area contributed by atoms with Gasteiger partial charge >= 0.3 is 0 Å². The lowest BCUT2D eigenvalue weighted by atomic mass is 9.70. The van der Waals surface area contributed by atoms with Crippen LogP contribution in [0.2, 0.25) is 0 Å². The molecular formula is C28H36O2. The van der Waals surface area contributed by atoms with E-state index < -0.39 is 0 Å². The molecule has 160 valence electrons. The number of ketones is 2. The molecule has 4 aliphatic rings. The molecule has 5 rings (SSSR count). The number of hydrogen-bond donors (Lipinski definition) is 0. The van der Waals surface area contributed by atoms with Crippen LogP contribution in [0.3, 0.4) is 0 Å². The highest BCUT2D eigenvalue weighted by atomic mass is 16.1. The van der Waals surface area contributed by atoms with Gasteiger partial charge in [0.15, 0.2) is 0 Å². The molecule has 0 aliphatic heterocycles. The van der Waals surface area contributed by atoms with Crippen LogP contribution in [0.4, 0.5) is 0 Å². The molecular weight excluding hydrogens is 368 g/mol. The van der Waals surface area contributed by atoms with Gasteiger partial charge in [0.2, 0.25) is 0 Å². The Morgan fingerprint density at radius 1 is 0.967 bits per heavy atom. The van der Waals surface area contributed by atoms with Crippen LogP contribution in [-0.2, 0) is 16.0 Å². The summed E-state index contributed by atoms with van der Waals surface area (Å²) in [6.07, 6.45) is 7.55. The van der Waals surface area contributed by atoms with Crippen molar-refractivity contribution in [2.45, 2.75) is 73.6 Å². The number of fused-ring (bicyclic) bond motifs is 3. The maximum absolute atomic E-state index is 13.1. The second-order valence-corrected chi connectivity index (χ2v) is 12.0. The van der Waals surface area contributed by atoms with E-state index in [1.165, 1.54) is 23.1 Å². The van der Waals surface area contributed by atoms with Crippen LogP contribution in [0.15, 0.2) is 29.8 Å². The molecule has 30 heavy (non-hydrogen) atoms. The van der Waals surface area contributed by atoms with Crippen molar-refractivity contribution in [3.8, 4) is 0 Å². The Morgan fingerprint density at radius 2 is 1.60 bits per heavy atom. The van der Waals surface area contributed by atoms with E-state index in [9.17, 15) is 9.59 Å². The second-order valence-electron chi connectivity index (χ2n) is 12.0. The molecule has 2 bridgehead atoms. The van der Waals surface area contributed by atoms with Crippen LogP contribution in [0.1, 0.15) is 78.4 Å². The third kappa shape index (κ3) is 2.26.